The van der Waals surface area contributed by atoms with E-state index in [0.717, 1.165) is 37.3 Å². The fourth-order valence-electron chi connectivity index (χ4n) is 3.58. The van der Waals surface area contributed by atoms with Gasteiger partial charge in [0.25, 0.3) is 0 Å². The molecular weight excluding hydrogens is 350 g/mol. The van der Waals surface area contributed by atoms with Crippen molar-refractivity contribution in [2.75, 3.05) is 13.1 Å². The van der Waals surface area contributed by atoms with Crippen LogP contribution >= 0.6 is 0 Å². The maximum absolute atomic E-state index is 12.3. The molecule has 6 nitrogen and oxygen atoms in total. The summed E-state index contributed by atoms with van der Waals surface area (Å²) in [5.74, 6) is 0. The number of nitrogens with zero attached hydrogens (tertiary/aromatic N) is 3. The number of carbonyl (C=O) groups excluding carboxylic acids is 1. The summed E-state index contributed by atoms with van der Waals surface area (Å²) >= 11 is 0. The number of aromatic nitrogens is 2. The van der Waals surface area contributed by atoms with E-state index in [1.54, 1.807) is 6.20 Å². The molecule has 0 spiro atoms. The van der Waals surface area contributed by atoms with Gasteiger partial charge in [-0.25, -0.2) is 9.48 Å². The Morgan fingerprint density at radius 3 is 2.75 bits per heavy atom. The van der Waals surface area contributed by atoms with E-state index in [0.29, 0.717) is 6.54 Å². The molecule has 6 heteroatoms. The van der Waals surface area contributed by atoms with Gasteiger partial charge in [-0.15, -0.1) is 0 Å². The van der Waals surface area contributed by atoms with Crippen molar-refractivity contribution in [1.82, 2.24) is 25.3 Å². The van der Waals surface area contributed by atoms with E-state index in [4.69, 9.17) is 0 Å². The maximum Gasteiger partial charge on any atom is 0.315 e. The summed E-state index contributed by atoms with van der Waals surface area (Å²) in [6.07, 6.45) is 4.64. The molecule has 1 unspecified atom stereocenters. The minimum atomic E-state index is -0.115. The number of benzene rings is 2. The molecule has 0 bridgehead atoms. The predicted octanol–water partition coefficient (Wildman–Crippen LogP) is 2.95. The van der Waals surface area contributed by atoms with Gasteiger partial charge in [-0.1, -0.05) is 42.5 Å². The Bertz CT molecular complexity index is 894. The first kappa shape index (κ1) is 18.3. The molecule has 2 aromatic carbocycles. The molecule has 0 radical (unpaired) electrons. The minimum Gasteiger partial charge on any atom is -0.334 e. The summed E-state index contributed by atoms with van der Waals surface area (Å²) in [5.41, 5.74) is 3.34. The van der Waals surface area contributed by atoms with Gasteiger partial charge in [-0.3, -0.25) is 4.90 Å². The van der Waals surface area contributed by atoms with Gasteiger partial charge in [-0.05, 0) is 35.7 Å². The molecule has 144 valence electrons. The van der Waals surface area contributed by atoms with E-state index in [1.165, 1.54) is 5.56 Å². The van der Waals surface area contributed by atoms with Crippen molar-refractivity contribution in [3.8, 4) is 5.69 Å². The minimum absolute atomic E-state index is 0.115. The van der Waals surface area contributed by atoms with E-state index >= 15 is 0 Å². The van der Waals surface area contributed by atoms with Gasteiger partial charge in [0.05, 0.1) is 5.69 Å². The number of carbonyl (C=O) groups is 1. The van der Waals surface area contributed by atoms with Crippen LogP contribution < -0.4 is 10.6 Å². The average molecular weight is 375 g/mol. The van der Waals surface area contributed by atoms with Crippen molar-refractivity contribution in [2.24, 2.45) is 0 Å². The van der Waals surface area contributed by atoms with Gasteiger partial charge >= 0.3 is 6.03 Å². The molecular formula is C22H25N5O. The standard InChI is InChI=1S/C22H25N5O/c28-22(23-15-19-8-4-9-21(14-19)27-12-5-11-24-27)25-20-10-13-26(17-20)16-18-6-2-1-3-7-18/h1-9,11-12,14,20H,10,13,15-17H2,(H2,23,25,28). The average Bonchev–Trinajstić information content (AvgIpc) is 3.40. The van der Waals surface area contributed by atoms with Crippen molar-refractivity contribution >= 4 is 6.03 Å². The third-order valence-electron chi connectivity index (χ3n) is 4.99. The fourth-order valence-corrected chi connectivity index (χ4v) is 3.58. The molecule has 0 saturated carbocycles. The van der Waals surface area contributed by atoms with Crippen molar-refractivity contribution in [3.63, 3.8) is 0 Å². The Hall–Kier alpha value is -3.12. The quantitative estimate of drug-likeness (QED) is 0.696. The lowest BCUT2D eigenvalue weighted by Crippen LogP contribution is -2.43. The number of hydrogen-bond acceptors (Lipinski definition) is 3. The molecule has 1 saturated heterocycles. The van der Waals surface area contributed by atoms with Gasteiger partial charge < -0.3 is 10.6 Å². The highest BCUT2D eigenvalue weighted by Crippen LogP contribution is 2.13. The summed E-state index contributed by atoms with van der Waals surface area (Å²) in [7, 11) is 0. The van der Waals surface area contributed by atoms with Crippen LogP contribution in [0.4, 0.5) is 4.79 Å². The fraction of sp³-hybridized carbons (Fsp3) is 0.273. The van der Waals surface area contributed by atoms with Crippen LogP contribution in [0.1, 0.15) is 17.5 Å². The number of likely N-dealkylation sites (tertiary alicyclic amines) is 1. The van der Waals surface area contributed by atoms with Gasteiger partial charge in [0.15, 0.2) is 0 Å². The first-order valence-corrected chi connectivity index (χ1v) is 9.66. The molecule has 1 aromatic heterocycles. The summed E-state index contributed by atoms with van der Waals surface area (Å²) < 4.78 is 1.81. The molecule has 1 fully saturated rings. The number of nitrogens with one attached hydrogen (secondary N) is 2. The zero-order chi connectivity index (χ0) is 19.2. The highest BCUT2D eigenvalue weighted by molar-refractivity contribution is 5.74. The van der Waals surface area contributed by atoms with Crippen LogP contribution in [0.5, 0.6) is 0 Å². The molecule has 4 rings (SSSR count). The molecule has 1 aliphatic heterocycles. The van der Waals surface area contributed by atoms with Gasteiger partial charge in [-0.2, -0.15) is 5.10 Å². The number of urea groups is 1. The van der Waals surface area contributed by atoms with E-state index < -0.39 is 0 Å². The van der Waals surface area contributed by atoms with E-state index in [9.17, 15) is 4.79 Å². The molecule has 0 aliphatic carbocycles. The normalized spacial score (nSPS) is 16.8. The lowest BCUT2D eigenvalue weighted by atomic mass is 10.2. The second-order valence-electron chi connectivity index (χ2n) is 7.15. The molecule has 3 aromatic rings. The Kier molecular flexibility index (Phi) is 5.68. The Labute approximate surface area is 165 Å². The van der Waals surface area contributed by atoms with Crippen LogP contribution in [0.3, 0.4) is 0 Å². The molecule has 2 amide bonds. The molecule has 1 aliphatic rings. The molecule has 2 heterocycles. The van der Waals surface area contributed by atoms with Crippen molar-refractivity contribution in [3.05, 3.63) is 84.2 Å². The Balaban J connectivity index is 1.24. The second kappa shape index (κ2) is 8.71. The lowest BCUT2D eigenvalue weighted by Gasteiger charge is -2.17. The number of rotatable bonds is 6. The Morgan fingerprint density at radius 1 is 1.07 bits per heavy atom. The second-order valence-corrected chi connectivity index (χ2v) is 7.15. The highest BCUT2D eigenvalue weighted by Gasteiger charge is 2.23. The predicted molar refractivity (Wildman–Crippen MR) is 109 cm³/mol. The molecule has 28 heavy (non-hydrogen) atoms. The number of amides is 2. The summed E-state index contributed by atoms with van der Waals surface area (Å²) in [6.45, 7) is 3.31. The van der Waals surface area contributed by atoms with Crippen LogP contribution in [0, 0.1) is 0 Å². The van der Waals surface area contributed by atoms with Crippen LogP contribution in [-0.4, -0.2) is 39.8 Å². The zero-order valence-corrected chi connectivity index (χ0v) is 15.8. The smallest absolute Gasteiger partial charge is 0.315 e. The molecule has 2 N–H and O–H groups in total. The largest absolute Gasteiger partial charge is 0.334 e. The summed E-state index contributed by atoms with van der Waals surface area (Å²) in [5, 5.41) is 10.3. The van der Waals surface area contributed by atoms with Gasteiger partial charge in [0.1, 0.15) is 0 Å². The monoisotopic (exact) mass is 375 g/mol. The SMILES string of the molecule is O=C(NCc1cccc(-n2cccn2)c1)NC1CCN(Cc2ccccc2)C1. The van der Waals surface area contributed by atoms with Crippen LogP contribution in [0.15, 0.2) is 73.1 Å². The summed E-state index contributed by atoms with van der Waals surface area (Å²) in [4.78, 5) is 14.7. The maximum atomic E-state index is 12.3. The van der Waals surface area contributed by atoms with Crippen LogP contribution in [0.25, 0.3) is 5.69 Å². The van der Waals surface area contributed by atoms with Gasteiger partial charge in [0.2, 0.25) is 0 Å². The van der Waals surface area contributed by atoms with Crippen molar-refractivity contribution in [2.45, 2.75) is 25.6 Å². The highest BCUT2D eigenvalue weighted by atomic mass is 16.2. The Morgan fingerprint density at radius 2 is 1.93 bits per heavy atom. The van der Waals surface area contributed by atoms with E-state index in [2.05, 4.69) is 44.9 Å². The van der Waals surface area contributed by atoms with Gasteiger partial charge in [0, 0.05) is 44.6 Å². The van der Waals surface area contributed by atoms with E-state index in [-0.39, 0.29) is 12.1 Å². The first-order valence-electron chi connectivity index (χ1n) is 9.66. The third-order valence-corrected chi connectivity index (χ3v) is 4.99. The van der Waals surface area contributed by atoms with Crippen molar-refractivity contribution in [1.29, 1.82) is 0 Å². The topological polar surface area (TPSA) is 62.2 Å². The zero-order valence-electron chi connectivity index (χ0n) is 15.8. The van der Waals surface area contributed by atoms with Crippen molar-refractivity contribution < 1.29 is 4.79 Å². The first-order chi connectivity index (χ1) is 13.8. The van der Waals surface area contributed by atoms with Crippen LogP contribution in [0.2, 0.25) is 0 Å². The van der Waals surface area contributed by atoms with E-state index in [1.807, 2.05) is 47.3 Å². The lowest BCUT2D eigenvalue weighted by molar-refractivity contribution is 0.235. The summed E-state index contributed by atoms with van der Waals surface area (Å²) in [6, 6.07) is 20.4. The number of hydrogen-bond donors (Lipinski definition) is 2. The molecule has 1 atom stereocenters. The van der Waals surface area contributed by atoms with Crippen LogP contribution in [-0.2, 0) is 13.1 Å². The third kappa shape index (κ3) is 4.78.